The minimum atomic E-state index is -5.52. The molecule has 0 bridgehead atoms. The molecule has 0 unspecified atom stereocenters. The molecule has 0 saturated heterocycles. The number of nitrogens with zero attached hydrogens (tertiary/aromatic N) is 2. The van der Waals surface area contributed by atoms with E-state index in [1.54, 1.807) is 13.0 Å². The van der Waals surface area contributed by atoms with E-state index >= 15 is 0 Å². The van der Waals surface area contributed by atoms with E-state index in [1.807, 2.05) is 0 Å². The first-order valence-electron chi connectivity index (χ1n) is 4.80. The van der Waals surface area contributed by atoms with Gasteiger partial charge in [-0.3, -0.25) is 4.68 Å². The molecule has 1 aromatic heterocycles. The van der Waals surface area contributed by atoms with Crippen molar-refractivity contribution in [1.82, 2.24) is 9.78 Å². The van der Waals surface area contributed by atoms with Crippen molar-refractivity contribution in [2.75, 3.05) is 0 Å². The van der Waals surface area contributed by atoms with Gasteiger partial charge in [0.05, 0.1) is 11.5 Å². The summed E-state index contributed by atoms with van der Waals surface area (Å²) in [5.41, 5.74) is 0. The standard InChI is InChI=1S/C10H11F5N2/c1-3-8-7(2)6-16-17(8)5-4-9(11,12)10(13,14)15/h3,6H,2,4-5H2,1H3/b8-3+. The van der Waals surface area contributed by atoms with E-state index in [0.717, 1.165) is 4.68 Å². The van der Waals surface area contributed by atoms with Crippen LogP contribution >= 0.6 is 0 Å². The van der Waals surface area contributed by atoms with Gasteiger partial charge in [-0.1, -0.05) is 12.7 Å². The quantitative estimate of drug-likeness (QED) is 0.750. The number of halogens is 5. The fraction of sp³-hybridized carbons (Fsp3) is 0.500. The Morgan fingerprint density at radius 2 is 1.94 bits per heavy atom. The van der Waals surface area contributed by atoms with Crippen LogP contribution in [0.2, 0.25) is 0 Å². The van der Waals surface area contributed by atoms with E-state index in [4.69, 9.17) is 0 Å². The number of aryl methyl sites for hydroxylation is 1. The summed E-state index contributed by atoms with van der Waals surface area (Å²) >= 11 is 0. The molecule has 0 atom stereocenters. The largest absolute Gasteiger partial charge is 0.453 e. The third kappa shape index (κ3) is 2.83. The van der Waals surface area contributed by atoms with Crippen molar-refractivity contribution < 1.29 is 22.0 Å². The number of rotatable bonds is 3. The molecule has 1 heterocycles. The van der Waals surface area contributed by atoms with Gasteiger partial charge in [-0.25, -0.2) is 0 Å². The van der Waals surface area contributed by atoms with Crippen LogP contribution in [0.5, 0.6) is 0 Å². The van der Waals surface area contributed by atoms with E-state index in [1.165, 1.54) is 6.20 Å². The molecule has 0 fully saturated rings. The highest BCUT2D eigenvalue weighted by molar-refractivity contribution is 5.17. The lowest BCUT2D eigenvalue weighted by atomic mass is 10.2. The summed E-state index contributed by atoms with van der Waals surface area (Å²) in [4.78, 5) is 0. The highest BCUT2D eigenvalue weighted by Crippen LogP contribution is 2.38. The molecular weight excluding hydrogens is 243 g/mol. The summed E-state index contributed by atoms with van der Waals surface area (Å²) in [7, 11) is 0. The fourth-order valence-electron chi connectivity index (χ4n) is 1.33. The summed E-state index contributed by atoms with van der Waals surface area (Å²) in [6, 6.07) is 0. The van der Waals surface area contributed by atoms with Crippen molar-refractivity contribution in [3.8, 4) is 0 Å². The molecule has 1 rings (SSSR count). The third-order valence-corrected chi connectivity index (χ3v) is 2.29. The predicted molar refractivity (Wildman–Crippen MR) is 52.8 cm³/mol. The Kier molecular flexibility index (Phi) is 3.59. The zero-order valence-electron chi connectivity index (χ0n) is 9.06. The predicted octanol–water partition coefficient (Wildman–Crippen LogP) is 1.68. The summed E-state index contributed by atoms with van der Waals surface area (Å²) < 4.78 is 62.2. The molecule has 0 aliphatic carbocycles. The van der Waals surface area contributed by atoms with Gasteiger partial charge >= 0.3 is 12.1 Å². The zero-order chi connectivity index (χ0) is 13.3. The molecule has 96 valence electrons. The molecule has 0 aliphatic rings. The number of hydrogen-bond donors (Lipinski definition) is 0. The maximum atomic E-state index is 12.7. The van der Waals surface area contributed by atoms with Crippen LogP contribution in [0.25, 0.3) is 12.7 Å². The maximum absolute atomic E-state index is 12.7. The first-order chi connectivity index (χ1) is 7.69. The van der Waals surface area contributed by atoms with E-state index < -0.39 is 25.1 Å². The summed E-state index contributed by atoms with van der Waals surface area (Å²) in [6.45, 7) is 4.70. The van der Waals surface area contributed by atoms with Crippen LogP contribution in [0.1, 0.15) is 13.3 Å². The topological polar surface area (TPSA) is 17.8 Å². The van der Waals surface area contributed by atoms with Crippen LogP contribution in [-0.2, 0) is 6.54 Å². The third-order valence-electron chi connectivity index (χ3n) is 2.29. The lowest BCUT2D eigenvalue weighted by Gasteiger charge is -2.19. The maximum Gasteiger partial charge on any atom is 0.453 e. The van der Waals surface area contributed by atoms with Gasteiger partial charge in [-0.2, -0.15) is 27.1 Å². The van der Waals surface area contributed by atoms with Crippen molar-refractivity contribution in [2.24, 2.45) is 0 Å². The first-order valence-corrected chi connectivity index (χ1v) is 4.80. The van der Waals surface area contributed by atoms with E-state index in [0.29, 0.717) is 10.6 Å². The molecule has 7 heteroatoms. The van der Waals surface area contributed by atoms with Gasteiger partial charge in [0.15, 0.2) is 0 Å². The van der Waals surface area contributed by atoms with Crippen LogP contribution in [0.15, 0.2) is 6.20 Å². The minimum Gasteiger partial charge on any atom is -0.265 e. The first kappa shape index (κ1) is 13.7. The monoisotopic (exact) mass is 254 g/mol. The molecule has 1 aromatic rings. The SMILES string of the molecule is C=c1cnn(CCC(F)(F)C(F)(F)F)/c1=C/C. The lowest BCUT2D eigenvalue weighted by Crippen LogP contribution is -2.39. The molecule has 0 aliphatic heterocycles. The Bertz CT molecular complexity index is 486. The van der Waals surface area contributed by atoms with E-state index in [2.05, 4.69) is 11.7 Å². The molecule has 0 radical (unpaired) electrons. The number of alkyl halides is 5. The van der Waals surface area contributed by atoms with Crippen molar-refractivity contribution in [1.29, 1.82) is 0 Å². The second-order valence-corrected chi connectivity index (χ2v) is 3.52. The molecule has 0 aromatic carbocycles. The van der Waals surface area contributed by atoms with Gasteiger partial charge < -0.3 is 0 Å². The minimum absolute atomic E-state index is 0.447. The lowest BCUT2D eigenvalue weighted by molar-refractivity contribution is -0.285. The Balaban J connectivity index is 2.85. The van der Waals surface area contributed by atoms with Crippen LogP contribution in [-0.4, -0.2) is 21.9 Å². The molecular formula is C10H11F5N2. The Labute approximate surface area is 94.0 Å². The van der Waals surface area contributed by atoms with Gasteiger partial charge in [0.25, 0.3) is 0 Å². The van der Waals surface area contributed by atoms with E-state index in [9.17, 15) is 22.0 Å². The fourth-order valence-corrected chi connectivity index (χ4v) is 1.33. The molecule has 17 heavy (non-hydrogen) atoms. The number of hydrogen-bond acceptors (Lipinski definition) is 1. The van der Waals surface area contributed by atoms with Gasteiger partial charge in [0, 0.05) is 18.2 Å². The Morgan fingerprint density at radius 1 is 1.35 bits per heavy atom. The average Bonchev–Trinajstić information content (AvgIpc) is 2.54. The van der Waals surface area contributed by atoms with E-state index in [-0.39, 0.29) is 0 Å². The van der Waals surface area contributed by atoms with Gasteiger partial charge in [0.1, 0.15) is 0 Å². The van der Waals surface area contributed by atoms with Crippen molar-refractivity contribution in [3.05, 3.63) is 16.8 Å². The van der Waals surface area contributed by atoms with Crippen LogP contribution in [0, 0.1) is 0 Å². The van der Waals surface area contributed by atoms with Crippen molar-refractivity contribution in [3.63, 3.8) is 0 Å². The van der Waals surface area contributed by atoms with Gasteiger partial charge in [-0.05, 0) is 6.92 Å². The van der Waals surface area contributed by atoms with Gasteiger partial charge in [0.2, 0.25) is 0 Å². The van der Waals surface area contributed by atoms with Crippen molar-refractivity contribution >= 4 is 12.7 Å². The Hall–Kier alpha value is -1.40. The van der Waals surface area contributed by atoms with Crippen LogP contribution in [0.3, 0.4) is 0 Å². The zero-order valence-corrected chi connectivity index (χ0v) is 9.06. The molecule has 0 saturated carbocycles. The summed E-state index contributed by atoms with van der Waals surface area (Å²) in [5, 5.41) is 4.63. The Morgan fingerprint density at radius 3 is 2.41 bits per heavy atom. The highest BCUT2D eigenvalue weighted by Gasteiger charge is 2.56. The van der Waals surface area contributed by atoms with Crippen LogP contribution < -0.4 is 10.6 Å². The highest BCUT2D eigenvalue weighted by atomic mass is 19.4. The average molecular weight is 254 g/mol. The second kappa shape index (κ2) is 4.46. The van der Waals surface area contributed by atoms with Crippen LogP contribution in [0.4, 0.5) is 22.0 Å². The normalized spacial score (nSPS) is 14.4. The molecule has 2 nitrogen and oxygen atoms in total. The van der Waals surface area contributed by atoms with Gasteiger partial charge in [-0.15, -0.1) is 0 Å². The summed E-state index contributed by atoms with van der Waals surface area (Å²) in [6.07, 6.45) is -3.98. The molecule has 0 N–H and O–H groups in total. The molecule has 0 amide bonds. The van der Waals surface area contributed by atoms with Crippen molar-refractivity contribution in [2.45, 2.75) is 32.0 Å². The smallest absolute Gasteiger partial charge is 0.265 e. The number of aromatic nitrogens is 2. The molecule has 0 spiro atoms. The second-order valence-electron chi connectivity index (χ2n) is 3.52. The summed E-state index contributed by atoms with van der Waals surface area (Å²) in [5.74, 6) is -4.70.